The summed E-state index contributed by atoms with van der Waals surface area (Å²) in [5.41, 5.74) is 2.46. The van der Waals surface area contributed by atoms with Gasteiger partial charge in [0.1, 0.15) is 25.5 Å². The van der Waals surface area contributed by atoms with Crippen LogP contribution in [0.15, 0.2) is 47.2 Å². The first kappa shape index (κ1) is 19.8. The quantitative estimate of drug-likeness (QED) is 0.544. The second-order valence-corrected chi connectivity index (χ2v) is 6.63. The van der Waals surface area contributed by atoms with E-state index in [0.29, 0.717) is 39.6 Å². The van der Waals surface area contributed by atoms with Crippen molar-refractivity contribution < 1.29 is 37.6 Å². The van der Waals surface area contributed by atoms with Crippen LogP contribution in [0.4, 0.5) is 0 Å². The maximum atomic E-state index is 10.7. The van der Waals surface area contributed by atoms with E-state index in [9.17, 15) is 14.4 Å². The maximum absolute atomic E-state index is 10.7. The Hall–Kier alpha value is -3.00. The molecule has 10 heteroatoms. The highest BCUT2D eigenvalue weighted by Gasteiger charge is 2.19. The fourth-order valence-corrected chi connectivity index (χ4v) is 3.07. The summed E-state index contributed by atoms with van der Waals surface area (Å²) in [6.07, 6.45) is 1.44. The van der Waals surface area contributed by atoms with Crippen LogP contribution in [0.2, 0.25) is 0 Å². The largest absolute Gasteiger partial charge is 0.780 e. The van der Waals surface area contributed by atoms with E-state index in [0.717, 1.165) is 0 Å². The van der Waals surface area contributed by atoms with E-state index >= 15 is 0 Å². The highest BCUT2D eigenvalue weighted by atomic mass is 31.2. The molecule has 0 saturated heterocycles. The topological polar surface area (TPSA) is 126 Å². The lowest BCUT2D eigenvalue weighted by Gasteiger charge is -2.28. The van der Waals surface area contributed by atoms with Gasteiger partial charge in [0.25, 0.3) is 0 Å². The zero-order chi connectivity index (χ0) is 20.3. The van der Waals surface area contributed by atoms with Crippen LogP contribution >= 0.6 is 7.82 Å². The first-order chi connectivity index (χ1) is 13.4. The summed E-state index contributed by atoms with van der Waals surface area (Å²) in [5.74, 6) is 1.27. The Kier molecular flexibility index (Phi) is 5.60. The molecule has 0 saturated carbocycles. The number of methoxy groups -OCH3 is 3. The molecule has 28 heavy (non-hydrogen) atoms. The van der Waals surface area contributed by atoms with E-state index in [-0.39, 0.29) is 5.75 Å². The van der Waals surface area contributed by atoms with Crippen molar-refractivity contribution in [2.75, 3.05) is 21.3 Å². The monoisotopic (exact) mass is 405 g/mol. The molecule has 0 N–H and O–H groups in total. The minimum atomic E-state index is -5.12. The van der Waals surface area contributed by atoms with Crippen LogP contribution in [0, 0.1) is 0 Å². The predicted molar refractivity (Wildman–Crippen MR) is 95.3 cm³/mol. The molecule has 0 spiro atoms. The van der Waals surface area contributed by atoms with Crippen LogP contribution in [-0.4, -0.2) is 26.5 Å². The molecular weight excluding hydrogens is 389 g/mol. The van der Waals surface area contributed by atoms with Crippen molar-refractivity contribution in [1.29, 1.82) is 0 Å². The molecular formula is C18H16NO8P-2. The summed E-state index contributed by atoms with van der Waals surface area (Å²) in [7, 11) is -0.593. The van der Waals surface area contributed by atoms with Crippen LogP contribution in [0.5, 0.6) is 23.0 Å². The molecule has 0 aliphatic carbocycles. The standard InChI is InChI=1S/C18H18NO8P/c1-23-15-8-12(9-16(24-2)18(15)25-3)17-14(10-26-19-17)11-4-6-13(7-5-11)27-28(20,21)22/h4-10H,1-3H3,(H2,20,21,22)/p-2. The highest BCUT2D eigenvalue weighted by Crippen LogP contribution is 2.43. The maximum Gasteiger partial charge on any atom is 0.203 e. The average molecular weight is 405 g/mol. The summed E-state index contributed by atoms with van der Waals surface area (Å²) in [5, 5.41) is 4.05. The van der Waals surface area contributed by atoms with Crippen LogP contribution in [0.3, 0.4) is 0 Å². The number of aromatic nitrogens is 1. The van der Waals surface area contributed by atoms with E-state index in [4.69, 9.17) is 18.7 Å². The number of phosphoric ester groups is 1. The Morgan fingerprint density at radius 1 is 0.929 bits per heavy atom. The van der Waals surface area contributed by atoms with Crippen molar-refractivity contribution in [1.82, 2.24) is 5.16 Å². The van der Waals surface area contributed by atoms with Gasteiger partial charge in [-0.05, 0) is 29.8 Å². The second kappa shape index (κ2) is 7.93. The SMILES string of the molecule is COc1cc(-c2nocc2-c2ccc(OP(=O)([O-])[O-])cc2)cc(OC)c1OC. The van der Waals surface area contributed by atoms with Gasteiger partial charge in [0.15, 0.2) is 11.5 Å². The fraction of sp³-hybridized carbons (Fsp3) is 0.167. The third-order valence-corrected chi connectivity index (χ3v) is 4.32. The number of hydrogen-bond donors (Lipinski definition) is 0. The summed E-state index contributed by atoms with van der Waals surface area (Å²) >= 11 is 0. The van der Waals surface area contributed by atoms with Crippen LogP contribution in [0.25, 0.3) is 22.4 Å². The van der Waals surface area contributed by atoms with E-state index in [1.54, 1.807) is 24.3 Å². The number of rotatable bonds is 7. The lowest BCUT2D eigenvalue weighted by molar-refractivity contribution is -0.333. The van der Waals surface area contributed by atoms with Crippen molar-refractivity contribution in [3.05, 3.63) is 42.7 Å². The van der Waals surface area contributed by atoms with Crippen molar-refractivity contribution in [2.24, 2.45) is 0 Å². The highest BCUT2D eigenvalue weighted by molar-refractivity contribution is 7.43. The summed E-state index contributed by atoms with van der Waals surface area (Å²) < 4.78 is 36.2. The van der Waals surface area contributed by atoms with Crippen LogP contribution in [-0.2, 0) is 4.57 Å². The molecule has 3 rings (SSSR count). The number of hydrogen-bond acceptors (Lipinski definition) is 9. The van der Waals surface area contributed by atoms with Gasteiger partial charge in [-0.2, -0.15) is 0 Å². The van der Waals surface area contributed by atoms with Gasteiger partial charge in [0.05, 0.1) is 21.3 Å². The molecule has 0 atom stereocenters. The zero-order valence-corrected chi connectivity index (χ0v) is 16.1. The number of ether oxygens (including phenoxy) is 3. The molecule has 0 fully saturated rings. The van der Waals surface area contributed by atoms with Crippen molar-refractivity contribution in [2.45, 2.75) is 0 Å². The molecule has 0 aliphatic rings. The normalized spacial score (nSPS) is 11.2. The molecule has 148 valence electrons. The second-order valence-electron chi connectivity index (χ2n) is 5.55. The lowest BCUT2D eigenvalue weighted by atomic mass is 10.0. The van der Waals surface area contributed by atoms with Gasteiger partial charge in [-0.3, -0.25) is 0 Å². The van der Waals surface area contributed by atoms with Crippen molar-refractivity contribution in [3.63, 3.8) is 0 Å². The molecule has 0 bridgehead atoms. The van der Waals surface area contributed by atoms with Gasteiger partial charge in [0.2, 0.25) is 5.75 Å². The number of benzene rings is 2. The minimum absolute atomic E-state index is 0.0807. The molecule has 0 radical (unpaired) electrons. The Morgan fingerprint density at radius 3 is 2.04 bits per heavy atom. The molecule has 1 aromatic heterocycles. The molecule has 2 aromatic carbocycles. The van der Waals surface area contributed by atoms with E-state index in [1.165, 1.54) is 39.7 Å². The van der Waals surface area contributed by atoms with Gasteiger partial charge in [-0.25, -0.2) is 0 Å². The molecule has 0 aliphatic heterocycles. The van der Waals surface area contributed by atoms with Crippen molar-refractivity contribution in [3.8, 4) is 45.4 Å². The minimum Gasteiger partial charge on any atom is -0.780 e. The molecule has 0 unspecified atom stereocenters. The first-order valence-corrected chi connectivity index (χ1v) is 9.39. The van der Waals surface area contributed by atoms with Gasteiger partial charge in [-0.1, -0.05) is 17.3 Å². The van der Waals surface area contributed by atoms with Gasteiger partial charge in [-0.15, -0.1) is 0 Å². The zero-order valence-electron chi connectivity index (χ0n) is 15.2. The molecule has 0 amide bonds. The Morgan fingerprint density at radius 2 is 1.54 bits per heavy atom. The fourth-order valence-electron chi connectivity index (χ4n) is 2.69. The Balaban J connectivity index is 2.02. The molecule has 3 aromatic rings. The third kappa shape index (κ3) is 4.12. The third-order valence-electron chi connectivity index (χ3n) is 3.89. The van der Waals surface area contributed by atoms with Crippen LogP contribution < -0.4 is 28.5 Å². The van der Waals surface area contributed by atoms with Gasteiger partial charge < -0.3 is 37.6 Å². The predicted octanol–water partition coefficient (Wildman–Crippen LogP) is 2.24. The van der Waals surface area contributed by atoms with Crippen LogP contribution in [0.1, 0.15) is 0 Å². The molecule has 1 heterocycles. The summed E-state index contributed by atoms with van der Waals surface area (Å²) in [4.78, 5) is 21.4. The van der Waals surface area contributed by atoms with Crippen molar-refractivity contribution >= 4 is 7.82 Å². The lowest BCUT2D eigenvalue weighted by Crippen LogP contribution is -2.18. The smallest absolute Gasteiger partial charge is 0.203 e. The van der Waals surface area contributed by atoms with Gasteiger partial charge >= 0.3 is 0 Å². The summed E-state index contributed by atoms with van der Waals surface area (Å²) in [6, 6.07) is 9.35. The van der Waals surface area contributed by atoms with E-state index < -0.39 is 7.82 Å². The Labute approximate surface area is 160 Å². The van der Waals surface area contributed by atoms with E-state index in [2.05, 4.69) is 9.68 Å². The van der Waals surface area contributed by atoms with Gasteiger partial charge in [0, 0.05) is 11.1 Å². The summed E-state index contributed by atoms with van der Waals surface area (Å²) in [6.45, 7) is 0. The molecule has 9 nitrogen and oxygen atoms in total. The number of nitrogens with zero attached hydrogens (tertiary/aromatic N) is 1. The van der Waals surface area contributed by atoms with E-state index in [1.807, 2.05) is 0 Å². The average Bonchev–Trinajstić information content (AvgIpc) is 3.15. The number of phosphoric acid groups is 1. The Bertz CT molecular complexity index is 984. The first-order valence-electron chi connectivity index (χ1n) is 7.93.